The van der Waals surface area contributed by atoms with Gasteiger partial charge in [-0.1, -0.05) is 13.8 Å². The predicted molar refractivity (Wildman–Crippen MR) is 139 cm³/mol. The fourth-order valence-corrected chi connectivity index (χ4v) is 5.72. The molecule has 7 N–H and O–H groups in total. The molecular formula is C27H33N3O9. The lowest BCUT2D eigenvalue weighted by Gasteiger charge is -2.46. The number of rotatable bonds is 6. The Hall–Kier alpha value is -4.06. The van der Waals surface area contributed by atoms with E-state index in [2.05, 4.69) is 5.32 Å². The van der Waals surface area contributed by atoms with E-state index >= 15 is 0 Å². The number of nitrogens with two attached hydrogens (primary N) is 1. The lowest BCUT2D eigenvalue weighted by atomic mass is 9.59. The number of phenolic OH excluding ortho intramolecular Hbond substituents is 1. The highest BCUT2D eigenvalue weighted by atomic mass is 16.5. The molecule has 2 amide bonds. The van der Waals surface area contributed by atoms with E-state index in [1.807, 2.05) is 13.8 Å². The molecule has 0 radical (unpaired) electrons. The van der Waals surface area contributed by atoms with Gasteiger partial charge < -0.3 is 41.1 Å². The first-order chi connectivity index (χ1) is 18.2. The zero-order valence-electron chi connectivity index (χ0n) is 22.2. The zero-order valence-corrected chi connectivity index (χ0v) is 22.2. The van der Waals surface area contributed by atoms with Crippen LogP contribution in [0, 0.1) is 17.8 Å². The van der Waals surface area contributed by atoms with Crippen LogP contribution in [0.5, 0.6) is 5.75 Å². The van der Waals surface area contributed by atoms with Gasteiger partial charge >= 0.3 is 6.09 Å². The Balaban J connectivity index is 1.81. The number of carbonyl (C=O) groups is 4. The van der Waals surface area contributed by atoms with Crippen LogP contribution in [-0.2, 0) is 32.1 Å². The number of aliphatic hydroxyl groups excluding tert-OH is 2. The number of ketones is 2. The first-order valence-corrected chi connectivity index (χ1v) is 12.6. The summed E-state index contributed by atoms with van der Waals surface area (Å²) < 4.78 is 5.11. The number of anilines is 1. The second kappa shape index (κ2) is 9.92. The molecule has 0 heterocycles. The number of primary amides is 1. The van der Waals surface area contributed by atoms with Gasteiger partial charge in [0.15, 0.2) is 11.4 Å². The number of aliphatic hydroxyl groups is 3. The van der Waals surface area contributed by atoms with Crippen LogP contribution in [-0.4, -0.2) is 70.3 Å². The van der Waals surface area contributed by atoms with Gasteiger partial charge in [-0.05, 0) is 36.3 Å². The molecule has 12 heteroatoms. The lowest BCUT2D eigenvalue weighted by molar-refractivity contribution is -0.147. The van der Waals surface area contributed by atoms with E-state index in [1.54, 1.807) is 25.1 Å². The number of alkyl carbamates (subject to hydrolysis) is 1. The van der Waals surface area contributed by atoms with Gasteiger partial charge in [0, 0.05) is 49.8 Å². The van der Waals surface area contributed by atoms with Gasteiger partial charge in [-0.25, -0.2) is 4.79 Å². The highest BCUT2D eigenvalue weighted by Crippen LogP contribution is 2.53. The predicted octanol–water partition coefficient (Wildman–Crippen LogP) is 1.37. The molecule has 12 nitrogen and oxygen atoms in total. The molecule has 0 bridgehead atoms. The topological polar surface area (TPSA) is 200 Å². The molecule has 0 spiro atoms. The summed E-state index contributed by atoms with van der Waals surface area (Å²) in [5.41, 5.74) is 2.88. The first kappa shape index (κ1) is 28.0. The third kappa shape index (κ3) is 4.48. The van der Waals surface area contributed by atoms with Crippen molar-refractivity contribution in [3.8, 4) is 5.75 Å². The number of fused-ring (bicyclic) bond motifs is 3. The number of amides is 2. The van der Waals surface area contributed by atoms with Crippen molar-refractivity contribution in [1.82, 2.24) is 5.32 Å². The maximum atomic E-state index is 13.7. The van der Waals surface area contributed by atoms with E-state index in [0.717, 1.165) is 0 Å². The monoisotopic (exact) mass is 543 g/mol. The number of nitrogens with zero attached hydrogens (tertiary/aromatic N) is 1. The molecule has 3 aliphatic rings. The lowest BCUT2D eigenvalue weighted by Crippen LogP contribution is -2.58. The van der Waals surface area contributed by atoms with Gasteiger partial charge in [-0.3, -0.25) is 14.4 Å². The summed E-state index contributed by atoms with van der Waals surface area (Å²) >= 11 is 0. The Morgan fingerprint density at radius 1 is 1.21 bits per heavy atom. The normalized spacial score (nSPS) is 24.3. The maximum Gasteiger partial charge on any atom is 0.407 e. The Morgan fingerprint density at radius 3 is 2.46 bits per heavy atom. The number of phenols is 1. The van der Waals surface area contributed by atoms with Crippen molar-refractivity contribution < 1.29 is 44.3 Å². The van der Waals surface area contributed by atoms with Crippen molar-refractivity contribution in [2.45, 2.75) is 45.3 Å². The Morgan fingerprint density at radius 2 is 1.87 bits per heavy atom. The largest absolute Gasteiger partial charge is 0.508 e. The summed E-state index contributed by atoms with van der Waals surface area (Å²) in [4.78, 5) is 51.8. The number of hydrogen-bond acceptors (Lipinski definition) is 10. The van der Waals surface area contributed by atoms with Crippen LogP contribution in [0.25, 0.3) is 5.76 Å². The summed E-state index contributed by atoms with van der Waals surface area (Å²) in [6.45, 7) is 3.83. The molecule has 4 rings (SSSR count). The van der Waals surface area contributed by atoms with Crippen LogP contribution in [0.15, 0.2) is 23.0 Å². The number of carbonyl (C=O) groups excluding carboxylic acids is 4. The number of nitrogens with one attached hydrogen (secondary N) is 1. The van der Waals surface area contributed by atoms with Crippen LogP contribution < -0.4 is 16.0 Å². The number of Topliss-reactive ketones (excluding diaryl/α,β-unsaturated/α-hetero) is 2. The summed E-state index contributed by atoms with van der Waals surface area (Å²) in [7, 11) is 3.52. The molecule has 1 fully saturated rings. The van der Waals surface area contributed by atoms with E-state index in [-0.39, 0.29) is 60.8 Å². The average Bonchev–Trinajstić information content (AvgIpc) is 2.84. The number of benzene rings is 1. The molecule has 1 aromatic carbocycles. The molecule has 3 atom stereocenters. The van der Waals surface area contributed by atoms with Gasteiger partial charge in [0.25, 0.3) is 5.91 Å². The molecule has 3 unspecified atom stereocenters. The maximum absolute atomic E-state index is 13.7. The van der Waals surface area contributed by atoms with E-state index in [0.29, 0.717) is 11.3 Å². The number of hydrogen-bond donors (Lipinski definition) is 6. The van der Waals surface area contributed by atoms with E-state index < -0.39 is 58.1 Å². The van der Waals surface area contributed by atoms with Crippen molar-refractivity contribution in [3.63, 3.8) is 0 Å². The molecule has 39 heavy (non-hydrogen) atoms. The molecule has 210 valence electrons. The molecule has 3 aliphatic carbocycles. The van der Waals surface area contributed by atoms with Crippen LogP contribution in [0.3, 0.4) is 0 Å². The van der Waals surface area contributed by atoms with Crippen LogP contribution >= 0.6 is 0 Å². The fraction of sp³-hybridized carbons (Fsp3) is 0.481. The van der Waals surface area contributed by atoms with E-state index in [1.165, 1.54) is 0 Å². The second-order valence-electron chi connectivity index (χ2n) is 10.9. The summed E-state index contributed by atoms with van der Waals surface area (Å²) in [5.74, 6) is -6.75. The molecule has 0 aromatic heterocycles. The minimum atomic E-state index is -2.63. The third-order valence-electron chi connectivity index (χ3n) is 7.57. The summed E-state index contributed by atoms with van der Waals surface area (Å²) in [6.07, 6.45) is -0.850. The van der Waals surface area contributed by atoms with E-state index in [4.69, 9.17) is 10.5 Å². The van der Waals surface area contributed by atoms with Crippen LogP contribution in [0.4, 0.5) is 10.5 Å². The minimum Gasteiger partial charge on any atom is -0.508 e. The fourth-order valence-electron chi connectivity index (χ4n) is 5.72. The van der Waals surface area contributed by atoms with Gasteiger partial charge in [-0.2, -0.15) is 0 Å². The Kier molecular flexibility index (Phi) is 7.11. The van der Waals surface area contributed by atoms with Gasteiger partial charge in [0.1, 0.15) is 22.8 Å². The smallest absolute Gasteiger partial charge is 0.407 e. The summed E-state index contributed by atoms with van der Waals surface area (Å²) in [5, 5.41) is 47.2. The average molecular weight is 544 g/mol. The molecule has 0 aliphatic heterocycles. The van der Waals surface area contributed by atoms with Gasteiger partial charge in [0.2, 0.25) is 5.78 Å². The quantitative estimate of drug-likeness (QED) is 0.285. The first-order valence-electron chi connectivity index (χ1n) is 12.6. The highest BCUT2D eigenvalue weighted by molar-refractivity contribution is 6.22. The molecule has 0 saturated heterocycles. The third-order valence-corrected chi connectivity index (χ3v) is 7.57. The van der Waals surface area contributed by atoms with Crippen molar-refractivity contribution >= 4 is 35.0 Å². The number of ether oxygens (including phenoxy) is 1. The van der Waals surface area contributed by atoms with Gasteiger partial charge in [0.05, 0.1) is 12.2 Å². The van der Waals surface area contributed by atoms with Crippen LogP contribution in [0.2, 0.25) is 0 Å². The SMILES string of the molecule is CC(C)COC(=O)NCc1cc(N(C)C)c2c(c1O)C(O)=C1C(=O)C3(O)C(O)=C(C(N)=O)C(=O)CC3CC1C2. The molecular weight excluding hydrogens is 510 g/mol. The van der Waals surface area contributed by atoms with E-state index in [9.17, 15) is 39.6 Å². The van der Waals surface area contributed by atoms with Crippen LogP contribution in [0.1, 0.15) is 43.4 Å². The van der Waals surface area contributed by atoms with Crippen molar-refractivity contribution in [2.75, 3.05) is 25.6 Å². The summed E-state index contributed by atoms with van der Waals surface area (Å²) in [6, 6.07) is 1.66. The van der Waals surface area contributed by atoms with Crippen molar-refractivity contribution in [1.29, 1.82) is 0 Å². The second-order valence-corrected chi connectivity index (χ2v) is 10.9. The molecule has 1 aromatic rings. The zero-order chi connectivity index (χ0) is 29.0. The minimum absolute atomic E-state index is 0.0410. The highest BCUT2D eigenvalue weighted by Gasteiger charge is 2.60. The number of aromatic hydroxyl groups is 1. The standard InChI is InChI=1S/C27H33N3O9/c1-11(2)10-39-26(37)29-9-13-7-16(30(3)4)15-6-12-5-14-8-17(31)20(25(28)36)24(35)27(14,38)23(34)18(12)22(33)19(15)21(13)32/h7,11-12,14,32-33,35,38H,5-6,8-10H2,1-4H3,(H2,28,36)(H,29,37). The van der Waals surface area contributed by atoms with Gasteiger partial charge in [-0.15, -0.1) is 0 Å². The Bertz CT molecular complexity index is 1340. The Labute approximate surface area is 224 Å². The van der Waals surface area contributed by atoms with Crippen molar-refractivity contribution in [3.05, 3.63) is 39.7 Å². The molecule has 1 saturated carbocycles. The van der Waals surface area contributed by atoms with Crippen molar-refractivity contribution in [2.24, 2.45) is 23.5 Å².